The SMILES string of the molecule is c1cnc(N2CCOCC3(CCCN(CC4CCOCC4)C3)C2)cn1. The first kappa shape index (κ1) is 17.2. The van der Waals surface area contributed by atoms with E-state index in [9.17, 15) is 0 Å². The van der Waals surface area contributed by atoms with Crippen LogP contribution in [0.15, 0.2) is 18.6 Å². The van der Waals surface area contributed by atoms with Crippen LogP contribution < -0.4 is 4.90 Å². The number of likely N-dealkylation sites (tertiary alicyclic amines) is 1. The lowest BCUT2D eigenvalue weighted by Crippen LogP contribution is -2.51. The smallest absolute Gasteiger partial charge is 0.147 e. The first-order valence-electron chi connectivity index (χ1n) is 9.72. The van der Waals surface area contributed by atoms with E-state index in [4.69, 9.17) is 9.47 Å². The van der Waals surface area contributed by atoms with Crippen molar-refractivity contribution in [3.05, 3.63) is 18.6 Å². The fourth-order valence-corrected chi connectivity index (χ4v) is 4.65. The minimum absolute atomic E-state index is 0.220. The van der Waals surface area contributed by atoms with Gasteiger partial charge in [0.15, 0.2) is 0 Å². The van der Waals surface area contributed by atoms with E-state index in [1.807, 2.05) is 6.20 Å². The molecule has 4 heterocycles. The van der Waals surface area contributed by atoms with Crippen molar-refractivity contribution in [1.82, 2.24) is 14.9 Å². The second-order valence-corrected chi connectivity index (χ2v) is 7.93. The fraction of sp³-hybridized carbons (Fsp3) is 0.789. The molecule has 3 aliphatic rings. The van der Waals surface area contributed by atoms with Crippen molar-refractivity contribution in [2.75, 3.05) is 64.1 Å². The Morgan fingerprint density at radius 1 is 1.08 bits per heavy atom. The summed E-state index contributed by atoms with van der Waals surface area (Å²) in [5.74, 6) is 1.78. The van der Waals surface area contributed by atoms with Crippen LogP contribution in [0, 0.1) is 11.3 Å². The molecule has 0 bridgehead atoms. The van der Waals surface area contributed by atoms with E-state index in [1.165, 1.54) is 38.8 Å². The van der Waals surface area contributed by atoms with Crippen LogP contribution >= 0.6 is 0 Å². The number of piperidine rings is 1. The standard InChI is InChI=1S/C19H30N4O2/c1-4-19(14-22(7-1)13-17-2-9-24-10-3-17)15-23(8-11-25-16-19)18-12-20-5-6-21-18/h5-6,12,17H,1-4,7-11,13-16H2. The Bertz CT molecular complexity index is 537. The molecule has 0 radical (unpaired) electrons. The normalized spacial score (nSPS) is 29.7. The van der Waals surface area contributed by atoms with Crippen LogP contribution in [0.4, 0.5) is 5.82 Å². The third-order valence-electron chi connectivity index (χ3n) is 5.91. The third kappa shape index (κ3) is 4.30. The summed E-state index contributed by atoms with van der Waals surface area (Å²) in [5, 5.41) is 0. The molecule has 6 nitrogen and oxygen atoms in total. The van der Waals surface area contributed by atoms with Gasteiger partial charge in [-0.15, -0.1) is 0 Å². The van der Waals surface area contributed by atoms with Gasteiger partial charge in [0.05, 0.1) is 19.4 Å². The molecular weight excluding hydrogens is 316 g/mol. The minimum Gasteiger partial charge on any atom is -0.381 e. The van der Waals surface area contributed by atoms with Crippen molar-refractivity contribution in [1.29, 1.82) is 0 Å². The predicted octanol–water partition coefficient (Wildman–Crippen LogP) is 1.82. The van der Waals surface area contributed by atoms with Crippen molar-refractivity contribution in [2.45, 2.75) is 25.7 Å². The van der Waals surface area contributed by atoms with Crippen molar-refractivity contribution >= 4 is 5.82 Å². The van der Waals surface area contributed by atoms with Gasteiger partial charge in [0, 0.05) is 57.2 Å². The maximum absolute atomic E-state index is 6.04. The highest BCUT2D eigenvalue weighted by Gasteiger charge is 2.39. The maximum Gasteiger partial charge on any atom is 0.147 e. The highest BCUT2D eigenvalue weighted by molar-refractivity contribution is 5.36. The van der Waals surface area contributed by atoms with Gasteiger partial charge in [-0.05, 0) is 38.1 Å². The quantitative estimate of drug-likeness (QED) is 0.832. The van der Waals surface area contributed by atoms with Crippen molar-refractivity contribution in [3.63, 3.8) is 0 Å². The second-order valence-electron chi connectivity index (χ2n) is 7.93. The summed E-state index contributed by atoms with van der Waals surface area (Å²) < 4.78 is 11.6. The lowest BCUT2D eigenvalue weighted by molar-refractivity contribution is -0.00279. The Balaban J connectivity index is 1.43. The molecule has 25 heavy (non-hydrogen) atoms. The van der Waals surface area contributed by atoms with Crippen molar-refractivity contribution in [2.24, 2.45) is 11.3 Å². The molecule has 3 aliphatic heterocycles. The molecule has 1 aromatic rings. The van der Waals surface area contributed by atoms with Gasteiger partial charge >= 0.3 is 0 Å². The number of rotatable bonds is 3. The minimum atomic E-state index is 0.220. The van der Waals surface area contributed by atoms with Crippen molar-refractivity contribution < 1.29 is 9.47 Å². The molecule has 0 saturated carbocycles. The Hall–Kier alpha value is -1.24. The molecule has 0 N–H and O–H groups in total. The van der Waals surface area contributed by atoms with Crippen LogP contribution in [0.3, 0.4) is 0 Å². The summed E-state index contributed by atoms with van der Waals surface area (Å²) in [6.07, 6.45) is 10.3. The number of hydrogen-bond donors (Lipinski definition) is 0. The summed E-state index contributed by atoms with van der Waals surface area (Å²) in [7, 11) is 0. The molecule has 1 spiro atoms. The molecule has 0 aromatic carbocycles. The van der Waals surface area contributed by atoms with Crippen LogP contribution in [-0.2, 0) is 9.47 Å². The highest BCUT2D eigenvalue weighted by Crippen LogP contribution is 2.34. The number of aromatic nitrogens is 2. The topological polar surface area (TPSA) is 50.7 Å². The van der Waals surface area contributed by atoms with Crippen LogP contribution in [0.25, 0.3) is 0 Å². The number of hydrogen-bond acceptors (Lipinski definition) is 6. The van der Waals surface area contributed by atoms with E-state index >= 15 is 0 Å². The third-order valence-corrected chi connectivity index (χ3v) is 5.91. The van der Waals surface area contributed by atoms with E-state index < -0.39 is 0 Å². The lowest BCUT2D eigenvalue weighted by Gasteiger charge is -2.44. The van der Waals surface area contributed by atoms with Crippen molar-refractivity contribution in [3.8, 4) is 0 Å². The number of anilines is 1. The second kappa shape index (κ2) is 7.98. The molecule has 1 aromatic heterocycles. The average Bonchev–Trinajstić information content (AvgIpc) is 2.86. The van der Waals surface area contributed by atoms with Crippen LogP contribution in [-0.4, -0.2) is 74.0 Å². The van der Waals surface area contributed by atoms with Crippen LogP contribution in [0.5, 0.6) is 0 Å². The van der Waals surface area contributed by atoms with Crippen LogP contribution in [0.2, 0.25) is 0 Å². The van der Waals surface area contributed by atoms with E-state index in [-0.39, 0.29) is 5.41 Å². The molecule has 3 fully saturated rings. The molecule has 1 unspecified atom stereocenters. The van der Waals surface area contributed by atoms with Gasteiger partial charge in [-0.2, -0.15) is 0 Å². The molecular formula is C19H30N4O2. The zero-order valence-corrected chi connectivity index (χ0v) is 15.1. The molecule has 6 heteroatoms. The molecule has 1 atom stereocenters. The molecule has 0 amide bonds. The Kier molecular flexibility index (Phi) is 5.48. The number of ether oxygens (including phenoxy) is 2. The first-order chi connectivity index (χ1) is 12.3. The molecule has 0 aliphatic carbocycles. The highest BCUT2D eigenvalue weighted by atomic mass is 16.5. The predicted molar refractivity (Wildman–Crippen MR) is 96.7 cm³/mol. The zero-order chi connectivity index (χ0) is 17.0. The summed E-state index contributed by atoms with van der Waals surface area (Å²) in [6, 6.07) is 0. The van der Waals surface area contributed by atoms with Gasteiger partial charge in [-0.25, -0.2) is 4.98 Å². The summed E-state index contributed by atoms with van der Waals surface area (Å²) in [5.41, 5.74) is 0.220. The molecule has 4 rings (SSSR count). The van der Waals surface area contributed by atoms with E-state index in [1.54, 1.807) is 12.4 Å². The summed E-state index contributed by atoms with van der Waals surface area (Å²) in [6.45, 7) is 9.03. The lowest BCUT2D eigenvalue weighted by atomic mass is 9.79. The van der Waals surface area contributed by atoms with Gasteiger partial charge in [-0.1, -0.05) is 0 Å². The van der Waals surface area contributed by atoms with E-state index in [2.05, 4.69) is 19.8 Å². The fourth-order valence-electron chi connectivity index (χ4n) is 4.65. The van der Waals surface area contributed by atoms with Crippen LogP contribution in [0.1, 0.15) is 25.7 Å². The largest absolute Gasteiger partial charge is 0.381 e. The van der Waals surface area contributed by atoms with Gasteiger partial charge in [0.25, 0.3) is 0 Å². The van der Waals surface area contributed by atoms with Gasteiger partial charge in [-0.3, -0.25) is 4.98 Å². The zero-order valence-electron chi connectivity index (χ0n) is 15.1. The summed E-state index contributed by atoms with van der Waals surface area (Å²) in [4.78, 5) is 13.8. The van der Waals surface area contributed by atoms with Gasteiger partial charge in [0.1, 0.15) is 5.82 Å². The van der Waals surface area contributed by atoms with E-state index in [0.717, 1.165) is 57.8 Å². The molecule has 138 valence electrons. The molecule has 3 saturated heterocycles. The average molecular weight is 346 g/mol. The Morgan fingerprint density at radius 3 is 2.84 bits per heavy atom. The Morgan fingerprint density at radius 2 is 2.00 bits per heavy atom. The van der Waals surface area contributed by atoms with Gasteiger partial charge in [0.2, 0.25) is 0 Å². The monoisotopic (exact) mass is 346 g/mol. The first-order valence-corrected chi connectivity index (χ1v) is 9.72. The Labute approximate surface area is 150 Å². The summed E-state index contributed by atoms with van der Waals surface area (Å²) >= 11 is 0. The van der Waals surface area contributed by atoms with E-state index in [0.29, 0.717) is 0 Å². The maximum atomic E-state index is 6.04. The van der Waals surface area contributed by atoms with Gasteiger partial charge < -0.3 is 19.3 Å². The number of nitrogens with zero attached hydrogens (tertiary/aromatic N) is 4.